The van der Waals surface area contributed by atoms with E-state index in [0.717, 1.165) is 4.90 Å². The van der Waals surface area contributed by atoms with Crippen LogP contribution in [0.4, 0.5) is 19.7 Å². The van der Waals surface area contributed by atoms with Gasteiger partial charge in [0.15, 0.2) is 5.71 Å². The van der Waals surface area contributed by atoms with Gasteiger partial charge in [-0.3, -0.25) is 0 Å². The molecule has 0 saturated carbocycles. The van der Waals surface area contributed by atoms with Gasteiger partial charge < -0.3 is 0 Å². The first-order chi connectivity index (χ1) is 13.1. The quantitative estimate of drug-likeness (QED) is 0.720. The molecule has 1 aliphatic heterocycles. The van der Waals surface area contributed by atoms with Crippen molar-refractivity contribution in [3.8, 4) is 0 Å². The van der Waals surface area contributed by atoms with Gasteiger partial charge in [-0.1, -0.05) is 53.2 Å². The number of benzene rings is 3. The van der Waals surface area contributed by atoms with Crippen LogP contribution >= 0.6 is 0 Å². The van der Waals surface area contributed by atoms with Gasteiger partial charge in [-0.05, 0) is 36.4 Å². The molecule has 1 N–H and O–H groups in total. The Hall–Kier alpha value is -3.80. The van der Waals surface area contributed by atoms with E-state index < -0.39 is 12.1 Å². The molecule has 0 atom stereocenters. The van der Waals surface area contributed by atoms with Crippen LogP contribution in [-0.4, -0.2) is 22.5 Å². The maximum absolute atomic E-state index is 13.4. The van der Waals surface area contributed by atoms with E-state index >= 15 is 0 Å². The number of hydrogen-bond donors (Lipinski definition) is 1. The summed E-state index contributed by atoms with van der Waals surface area (Å²) in [6.45, 7) is 0. The Morgan fingerprint density at radius 1 is 0.778 bits per heavy atom. The molecule has 132 valence electrons. The maximum Gasteiger partial charge on any atom is 0.532 e. The van der Waals surface area contributed by atoms with Crippen LogP contribution in [0, 0.1) is 5.82 Å². The second-order valence-electron chi connectivity index (χ2n) is 5.93. The zero-order valence-electron chi connectivity index (χ0n) is 14.2. The molecule has 0 bridgehead atoms. The van der Waals surface area contributed by atoms with E-state index in [0.29, 0.717) is 22.5 Å². The molecule has 0 unspecified atom stereocenters. The van der Waals surface area contributed by atoms with Crippen molar-refractivity contribution in [1.29, 1.82) is 0 Å². The SMILES string of the molecule is O=C1N/[N+](=C(/c2ccccc2)c2ccc(F)cc2)C(=O)N1c1ccccc1. The summed E-state index contributed by atoms with van der Waals surface area (Å²) in [5, 5.41) is 0. The summed E-state index contributed by atoms with van der Waals surface area (Å²) in [5.41, 5.74) is 4.85. The fraction of sp³-hybridized carbons (Fsp3) is 0. The number of urea groups is 2. The number of para-hydroxylation sites is 1. The largest absolute Gasteiger partial charge is 0.532 e. The van der Waals surface area contributed by atoms with E-state index in [1.807, 2.05) is 30.3 Å². The molecule has 0 aliphatic carbocycles. The van der Waals surface area contributed by atoms with Gasteiger partial charge in [-0.15, -0.1) is 10.3 Å². The van der Waals surface area contributed by atoms with Gasteiger partial charge >= 0.3 is 12.1 Å². The van der Waals surface area contributed by atoms with Gasteiger partial charge in [0, 0.05) is 11.1 Å². The summed E-state index contributed by atoms with van der Waals surface area (Å²) in [6.07, 6.45) is 0. The van der Waals surface area contributed by atoms with Gasteiger partial charge in [0.2, 0.25) is 0 Å². The zero-order valence-corrected chi connectivity index (χ0v) is 14.2. The minimum Gasteiger partial charge on any atom is -0.216 e. The molecule has 3 aromatic rings. The Labute approximate surface area is 155 Å². The summed E-state index contributed by atoms with van der Waals surface area (Å²) >= 11 is 0. The van der Waals surface area contributed by atoms with E-state index in [1.165, 1.54) is 16.8 Å². The summed E-state index contributed by atoms with van der Waals surface area (Å²) in [6, 6.07) is 22.5. The molecule has 1 heterocycles. The van der Waals surface area contributed by atoms with Gasteiger partial charge in [-0.2, -0.15) is 4.79 Å². The highest BCUT2D eigenvalue weighted by Crippen LogP contribution is 2.20. The fourth-order valence-electron chi connectivity index (χ4n) is 2.97. The molecule has 4 rings (SSSR count). The topological polar surface area (TPSA) is 52.4 Å². The van der Waals surface area contributed by atoms with Crippen LogP contribution in [0.1, 0.15) is 11.1 Å². The predicted molar refractivity (Wildman–Crippen MR) is 99.2 cm³/mol. The van der Waals surface area contributed by atoms with Crippen LogP contribution in [0.25, 0.3) is 0 Å². The first kappa shape index (κ1) is 16.7. The number of halogens is 1. The molecular formula is C21H15FN3O2+. The number of nitrogens with zero attached hydrogens (tertiary/aromatic N) is 2. The minimum atomic E-state index is -0.554. The zero-order chi connectivity index (χ0) is 18.8. The summed E-state index contributed by atoms with van der Waals surface area (Å²) in [5.74, 6) is -0.381. The lowest BCUT2D eigenvalue weighted by Crippen LogP contribution is -2.33. The molecule has 3 aromatic carbocycles. The van der Waals surface area contributed by atoms with Crippen LogP contribution in [0.15, 0.2) is 84.9 Å². The van der Waals surface area contributed by atoms with Crippen molar-refractivity contribution in [2.45, 2.75) is 0 Å². The molecule has 4 amide bonds. The molecule has 1 aliphatic rings. The maximum atomic E-state index is 13.4. The number of carbonyl (C=O) groups excluding carboxylic acids is 2. The number of anilines is 1. The van der Waals surface area contributed by atoms with Crippen LogP contribution < -0.4 is 10.3 Å². The number of hydrogen-bond acceptors (Lipinski definition) is 2. The molecule has 0 spiro atoms. The molecule has 6 heteroatoms. The van der Waals surface area contributed by atoms with Gasteiger partial charge in [-0.25, -0.2) is 9.18 Å². The van der Waals surface area contributed by atoms with Crippen molar-refractivity contribution < 1.29 is 18.7 Å². The van der Waals surface area contributed by atoms with Gasteiger partial charge in [0.25, 0.3) is 0 Å². The van der Waals surface area contributed by atoms with E-state index in [1.54, 1.807) is 42.5 Å². The Balaban J connectivity index is 1.89. The van der Waals surface area contributed by atoms with Crippen molar-refractivity contribution in [3.05, 3.63) is 102 Å². The second kappa shape index (κ2) is 6.84. The second-order valence-corrected chi connectivity index (χ2v) is 5.93. The Bertz CT molecular complexity index is 1030. The normalized spacial score (nSPS) is 15.7. The van der Waals surface area contributed by atoms with E-state index in [4.69, 9.17) is 0 Å². The molecular weight excluding hydrogens is 345 g/mol. The number of imide groups is 1. The van der Waals surface area contributed by atoms with E-state index in [2.05, 4.69) is 5.43 Å². The average Bonchev–Trinajstić information content (AvgIpc) is 2.99. The number of rotatable bonds is 3. The van der Waals surface area contributed by atoms with Crippen LogP contribution in [-0.2, 0) is 0 Å². The Kier molecular flexibility index (Phi) is 4.22. The number of carbonyl (C=O) groups is 2. The average molecular weight is 360 g/mol. The van der Waals surface area contributed by atoms with Crippen LogP contribution in [0.5, 0.6) is 0 Å². The summed E-state index contributed by atoms with van der Waals surface area (Å²) < 4.78 is 14.6. The smallest absolute Gasteiger partial charge is 0.216 e. The van der Waals surface area contributed by atoms with Crippen molar-refractivity contribution in [2.75, 3.05) is 4.90 Å². The first-order valence-electron chi connectivity index (χ1n) is 8.33. The highest BCUT2D eigenvalue weighted by molar-refractivity contribution is 6.18. The lowest BCUT2D eigenvalue weighted by atomic mass is 10.0. The Morgan fingerprint density at radius 3 is 1.96 bits per heavy atom. The van der Waals surface area contributed by atoms with Crippen molar-refractivity contribution in [1.82, 2.24) is 5.43 Å². The molecule has 1 fully saturated rings. The minimum absolute atomic E-state index is 0.381. The third kappa shape index (κ3) is 3.08. The lowest BCUT2D eigenvalue weighted by Gasteiger charge is -2.07. The van der Waals surface area contributed by atoms with Gasteiger partial charge in [0.1, 0.15) is 11.5 Å². The lowest BCUT2D eigenvalue weighted by molar-refractivity contribution is -0.462. The number of amides is 4. The first-order valence-corrected chi connectivity index (χ1v) is 8.33. The fourth-order valence-corrected chi connectivity index (χ4v) is 2.97. The number of hydrazine groups is 1. The standard InChI is InChI=1S/C21H14FN3O2/c22-17-13-11-16(12-14-17)19(15-7-3-1-4-8-15)25-21(27)24(20(26)23-25)18-9-5-2-6-10-18/h1-14H/p+1/b25-19-. The van der Waals surface area contributed by atoms with Crippen molar-refractivity contribution >= 4 is 23.5 Å². The molecule has 27 heavy (non-hydrogen) atoms. The summed E-state index contributed by atoms with van der Waals surface area (Å²) in [7, 11) is 0. The molecule has 0 aromatic heterocycles. The third-order valence-electron chi connectivity index (χ3n) is 4.20. The molecule has 5 nitrogen and oxygen atoms in total. The number of nitrogens with one attached hydrogen (secondary N) is 1. The van der Waals surface area contributed by atoms with Crippen molar-refractivity contribution in [3.63, 3.8) is 0 Å². The molecule has 1 saturated heterocycles. The highest BCUT2D eigenvalue weighted by Gasteiger charge is 2.46. The molecule has 0 radical (unpaired) electrons. The predicted octanol–water partition coefficient (Wildman–Crippen LogP) is 3.94. The van der Waals surface area contributed by atoms with Crippen molar-refractivity contribution in [2.24, 2.45) is 0 Å². The van der Waals surface area contributed by atoms with E-state index in [9.17, 15) is 14.0 Å². The van der Waals surface area contributed by atoms with Crippen LogP contribution in [0.3, 0.4) is 0 Å². The van der Waals surface area contributed by atoms with E-state index in [-0.39, 0.29) is 5.82 Å². The monoisotopic (exact) mass is 360 g/mol. The van der Waals surface area contributed by atoms with Gasteiger partial charge in [0.05, 0.1) is 0 Å². The Morgan fingerprint density at radius 2 is 1.33 bits per heavy atom. The van der Waals surface area contributed by atoms with Crippen LogP contribution in [0.2, 0.25) is 0 Å². The highest BCUT2D eigenvalue weighted by atomic mass is 19.1. The summed E-state index contributed by atoms with van der Waals surface area (Å²) in [4.78, 5) is 26.6. The third-order valence-corrected chi connectivity index (χ3v) is 4.20. The number of hydrazone groups is 1.